The molecule has 0 N–H and O–H groups in total. The molecule has 1 aromatic heterocycles. The smallest absolute Gasteiger partial charge is 0.264 e. The van der Waals surface area contributed by atoms with Gasteiger partial charge >= 0.3 is 0 Å². The molecule has 0 aliphatic carbocycles. The van der Waals surface area contributed by atoms with Crippen LogP contribution in [0.25, 0.3) is 10.1 Å². The summed E-state index contributed by atoms with van der Waals surface area (Å²) >= 11 is 1.99. The van der Waals surface area contributed by atoms with E-state index in [2.05, 4.69) is 187 Å². The average Bonchev–Trinajstić information content (AvgIpc) is 3.53. The summed E-state index contributed by atoms with van der Waals surface area (Å²) in [6, 6.07) is 26.7. The fraction of sp³-hybridized carbons (Fsp3) is 0.407. The molecule has 3 aliphatic rings. The van der Waals surface area contributed by atoms with Gasteiger partial charge in [-0.3, -0.25) is 0 Å². The van der Waals surface area contributed by atoms with Gasteiger partial charge in [0.15, 0.2) is 11.5 Å². The number of thiophene rings is 1. The zero-order valence-corrected chi connectivity index (χ0v) is 39.8. The van der Waals surface area contributed by atoms with E-state index in [-0.39, 0.29) is 28.4 Å². The summed E-state index contributed by atoms with van der Waals surface area (Å²) in [5.74, 6) is 1.69. The van der Waals surface area contributed by atoms with Gasteiger partial charge in [-0.1, -0.05) is 113 Å². The molecule has 0 fully saturated rings. The summed E-state index contributed by atoms with van der Waals surface area (Å²) in [7, 11) is 0. The van der Waals surface area contributed by atoms with Gasteiger partial charge in [-0.25, -0.2) is 0 Å². The van der Waals surface area contributed by atoms with E-state index >= 15 is 0 Å². The molecule has 0 atom stereocenters. The number of aryl methyl sites for hydroxylation is 3. The molecule has 60 heavy (non-hydrogen) atoms. The minimum atomic E-state index is -0.123. The number of fused-ring (bicyclic) bond motifs is 7. The normalized spacial score (nSPS) is 15.0. The van der Waals surface area contributed by atoms with Crippen LogP contribution in [0.15, 0.2) is 66.7 Å². The summed E-state index contributed by atoms with van der Waals surface area (Å²) in [6.07, 6.45) is 0. The van der Waals surface area contributed by atoms with E-state index in [1.165, 1.54) is 98.9 Å². The fourth-order valence-electron chi connectivity index (χ4n) is 9.91. The Morgan fingerprint density at radius 1 is 0.517 bits per heavy atom. The molecule has 0 unspecified atom stereocenters. The Morgan fingerprint density at radius 2 is 1.05 bits per heavy atom. The van der Waals surface area contributed by atoms with Crippen molar-refractivity contribution in [3.05, 3.63) is 111 Å². The lowest BCUT2D eigenvalue weighted by Gasteiger charge is -2.45. The molecular weight excluding hydrogens is 751 g/mol. The molecule has 0 amide bonds. The van der Waals surface area contributed by atoms with Crippen molar-refractivity contribution >= 4 is 78.0 Å². The van der Waals surface area contributed by atoms with Crippen LogP contribution in [0.3, 0.4) is 0 Å². The third-order valence-electron chi connectivity index (χ3n) is 13.3. The van der Waals surface area contributed by atoms with Crippen LogP contribution in [0.5, 0.6) is 11.5 Å². The Morgan fingerprint density at radius 3 is 1.67 bits per heavy atom. The molecule has 0 radical (unpaired) electrons. The van der Waals surface area contributed by atoms with E-state index in [9.17, 15) is 0 Å². The van der Waals surface area contributed by atoms with Crippen LogP contribution in [-0.4, -0.2) is 19.9 Å². The minimum absolute atomic E-state index is 0.00603. The Hall–Kier alpha value is -4.68. The number of nitrogens with zero attached hydrogens (tertiary/aromatic N) is 2. The van der Waals surface area contributed by atoms with E-state index in [0.29, 0.717) is 13.2 Å². The van der Waals surface area contributed by atoms with E-state index in [1.54, 1.807) is 0 Å². The number of ether oxygens (including phenoxy) is 2. The SMILES string of the molecule is Cc1cc(C(C)(C)C)cc(C)c1N1c2cc(C(C)(C)C)cc3c2B(c2cc(C(C)(C)C)ccc2N3c2c(C)cc3c(c2C)OCCO3)c2sc3ccc(C(C)(C)C)cc3c21. The van der Waals surface area contributed by atoms with Crippen LogP contribution in [0.4, 0.5) is 34.1 Å². The molecule has 3 aliphatic heterocycles. The Labute approximate surface area is 364 Å². The summed E-state index contributed by atoms with van der Waals surface area (Å²) in [6.45, 7) is 38.4. The number of anilines is 6. The lowest BCUT2D eigenvalue weighted by atomic mass is 9.36. The van der Waals surface area contributed by atoms with Crippen molar-refractivity contribution in [1.82, 2.24) is 0 Å². The quantitative estimate of drug-likeness (QED) is 0.162. The van der Waals surface area contributed by atoms with Crippen molar-refractivity contribution in [3.63, 3.8) is 0 Å². The Balaban J connectivity index is 1.47. The number of hydrogen-bond acceptors (Lipinski definition) is 5. The van der Waals surface area contributed by atoms with Crippen LogP contribution in [0.1, 0.15) is 128 Å². The van der Waals surface area contributed by atoms with Crippen molar-refractivity contribution in [2.75, 3.05) is 23.0 Å². The highest BCUT2D eigenvalue weighted by Gasteiger charge is 2.47. The maximum Gasteiger partial charge on any atom is 0.264 e. The Kier molecular flexibility index (Phi) is 9.10. The van der Waals surface area contributed by atoms with Crippen LogP contribution in [-0.2, 0) is 21.7 Å². The molecule has 5 aromatic carbocycles. The van der Waals surface area contributed by atoms with Crippen molar-refractivity contribution in [2.24, 2.45) is 0 Å². The van der Waals surface area contributed by atoms with E-state index < -0.39 is 0 Å². The molecule has 0 saturated carbocycles. The second kappa shape index (κ2) is 13.4. The van der Waals surface area contributed by atoms with Gasteiger partial charge in [-0.2, -0.15) is 0 Å². The summed E-state index contributed by atoms with van der Waals surface area (Å²) < 4.78 is 15.4. The first-order chi connectivity index (χ1) is 27.9. The van der Waals surface area contributed by atoms with Gasteiger partial charge in [0.25, 0.3) is 6.71 Å². The first kappa shape index (κ1) is 40.7. The highest BCUT2D eigenvalue weighted by molar-refractivity contribution is 7.33. The largest absolute Gasteiger partial charge is 0.486 e. The topological polar surface area (TPSA) is 24.9 Å². The van der Waals surface area contributed by atoms with Crippen LogP contribution < -0.4 is 35.0 Å². The predicted molar refractivity (Wildman–Crippen MR) is 261 cm³/mol. The number of hydrogen-bond donors (Lipinski definition) is 0. The molecule has 0 bridgehead atoms. The molecule has 6 aromatic rings. The lowest BCUT2D eigenvalue weighted by molar-refractivity contribution is 0.170. The molecule has 4 nitrogen and oxygen atoms in total. The average molecular weight is 815 g/mol. The van der Waals surface area contributed by atoms with Gasteiger partial charge in [-0.15, -0.1) is 11.3 Å². The lowest BCUT2D eigenvalue weighted by Crippen LogP contribution is -2.61. The zero-order valence-electron chi connectivity index (χ0n) is 39.0. The van der Waals surface area contributed by atoms with Gasteiger partial charge in [0, 0.05) is 37.5 Å². The van der Waals surface area contributed by atoms with Crippen molar-refractivity contribution in [2.45, 2.75) is 132 Å². The minimum Gasteiger partial charge on any atom is -0.486 e. The summed E-state index contributed by atoms with van der Waals surface area (Å²) in [4.78, 5) is 5.29. The standard InChI is InChI=1S/C54H63BN2O2S/c1-30-23-36(53(11,12)13)24-31(2)46(30)57-42-29-37(54(14,15)16)28-41-45(42)55(50-48(57)38-26-34(51(5,6)7)18-20-44(38)60-50)39-27-35(52(8,9)10)17-19-40(39)56(41)47-32(3)25-43-49(33(47)4)59-22-21-58-43/h17-20,23-29H,21-22H2,1-16H3. The molecular formula is C54H63BN2O2S. The maximum absolute atomic E-state index is 6.43. The highest BCUT2D eigenvalue weighted by atomic mass is 32.1. The van der Waals surface area contributed by atoms with Gasteiger partial charge in [0.2, 0.25) is 0 Å². The van der Waals surface area contributed by atoms with E-state index in [1.807, 2.05) is 11.3 Å². The van der Waals surface area contributed by atoms with Crippen LogP contribution in [0, 0.1) is 27.7 Å². The van der Waals surface area contributed by atoms with Crippen molar-refractivity contribution < 1.29 is 9.47 Å². The third kappa shape index (κ3) is 6.29. The Bertz CT molecular complexity index is 2740. The first-order valence-corrected chi connectivity index (χ1v) is 22.8. The van der Waals surface area contributed by atoms with Crippen molar-refractivity contribution in [1.29, 1.82) is 0 Å². The first-order valence-electron chi connectivity index (χ1n) is 22.0. The monoisotopic (exact) mass is 814 g/mol. The van der Waals surface area contributed by atoms with Gasteiger partial charge in [0.1, 0.15) is 13.2 Å². The summed E-state index contributed by atoms with van der Waals surface area (Å²) in [5, 5.41) is 1.34. The molecule has 0 spiro atoms. The number of benzene rings is 5. The van der Waals surface area contributed by atoms with Gasteiger partial charge in [0.05, 0.1) is 17.1 Å². The van der Waals surface area contributed by atoms with E-state index in [4.69, 9.17) is 9.47 Å². The second-order valence-electron chi connectivity index (χ2n) is 22.0. The highest BCUT2D eigenvalue weighted by Crippen LogP contribution is 2.53. The zero-order chi connectivity index (χ0) is 43.2. The number of rotatable bonds is 2. The van der Waals surface area contributed by atoms with Gasteiger partial charge in [-0.05, 0) is 136 Å². The van der Waals surface area contributed by atoms with E-state index in [0.717, 1.165) is 17.1 Å². The van der Waals surface area contributed by atoms with Crippen LogP contribution in [0.2, 0.25) is 0 Å². The molecule has 4 heterocycles. The maximum atomic E-state index is 6.43. The third-order valence-corrected chi connectivity index (χ3v) is 14.5. The summed E-state index contributed by atoms with van der Waals surface area (Å²) in [5.41, 5.74) is 20.4. The molecule has 6 heteroatoms. The predicted octanol–water partition coefficient (Wildman–Crippen LogP) is 13.2. The molecule has 0 saturated heterocycles. The van der Waals surface area contributed by atoms with Crippen molar-refractivity contribution in [3.8, 4) is 11.5 Å². The van der Waals surface area contributed by atoms with Crippen LogP contribution >= 0.6 is 11.3 Å². The molecule has 9 rings (SSSR count). The second-order valence-corrected chi connectivity index (χ2v) is 23.1. The molecule has 310 valence electrons. The fourth-order valence-corrected chi connectivity index (χ4v) is 11.2. The van der Waals surface area contributed by atoms with Gasteiger partial charge < -0.3 is 19.3 Å².